The van der Waals surface area contributed by atoms with Gasteiger partial charge in [-0.1, -0.05) is 11.6 Å². The summed E-state index contributed by atoms with van der Waals surface area (Å²) in [5, 5.41) is -0.00661. The average molecular weight is 247 g/mol. The van der Waals surface area contributed by atoms with Gasteiger partial charge >= 0.3 is 5.69 Å². The summed E-state index contributed by atoms with van der Waals surface area (Å²) in [7, 11) is 0. The number of hydrogen-bond acceptors (Lipinski definition) is 4. The molecule has 0 amide bonds. The van der Waals surface area contributed by atoms with Crippen LogP contribution in [0.3, 0.4) is 0 Å². The van der Waals surface area contributed by atoms with E-state index in [0.29, 0.717) is 26.2 Å². The Hall–Kier alpha value is -1.11. The summed E-state index contributed by atoms with van der Waals surface area (Å²) in [5.74, 6) is 0. The summed E-state index contributed by atoms with van der Waals surface area (Å²) in [5.41, 5.74) is -1.05. The Bertz CT molecular complexity index is 475. The van der Waals surface area contributed by atoms with Crippen molar-refractivity contribution in [1.82, 2.24) is 9.55 Å². The van der Waals surface area contributed by atoms with Crippen LogP contribution in [0.2, 0.25) is 5.02 Å². The second-order valence-corrected chi connectivity index (χ2v) is 3.80. The molecule has 6 nitrogen and oxygen atoms in total. The smallest absolute Gasteiger partial charge is 0.328 e. The van der Waals surface area contributed by atoms with Crippen LogP contribution in [0.25, 0.3) is 0 Å². The third-order valence-electron chi connectivity index (χ3n) is 2.26. The molecular formula is C9H11ClN2O4. The van der Waals surface area contributed by atoms with Crippen molar-refractivity contribution in [2.45, 2.75) is 19.3 Å². The maximum Gasteiger partial charge on any atom is 0.328 e. The number of H-pyrrole nitrogens is 1. The molecule has 0 aromatic carbocycles. The quantitative estimate of drug-likeness (QED) is 0.812. The van der Waals surface area contributed by atoms with Gasteiger partial charge in [0.05, 0.1) is 13.2 Å². The Morgan fingerprint density at radius 3 is 2.81 bits per heavy atom. The summed E-state index contributed by atoms with van der Waals surface area (Å²) >= 11 is 5.62. The van der Waals surface area contributed by atoms with Crippen molar-refractivity contribution < 1.29 is 9.47 Å². The van der Waals surface area contributed by atoms with Crippen LogP contribution >= 0.6 is 11.6 Å². The molecule has 1 aromatic heterocycles. The van der Waals surface area contributed by atoms with E-state index in [1.807, 2.05) is 0 Å². The fraction of sp³-hybridized carbons (Fsp3) is 0.556. The fourth-order valence-electron chi connectivity index (χ4n) is 1.47. The first kappa shape index (κ1) is 11.4. The van der Waals surface area contributed by atoms with E-state index >= 15 is 0 Å². The highest BCUT2D eigenvalue weighted by Crippen LogP contribution is 2.08. The molecule has 88 valence electrons. The highest BCUT2D eigenvalue weighted by molar-refractivity contribution is 6.30. The number of aromatic amines is 1. The van der Waals surface area contributed by atoms with E-state index in [4.69, 9.17) is 21.1 Å². The van der Waals surface area contributed by atoms with Gasteiger partial charge in [0.15, 0.2) is 6.29 Å². The zero-order chi connectivity index (χ0) is 11.5. The standard InChI is InChI=1S/C9H11ClN2O4/c10-6-5-12(9(14)11-8(6)13)2-1-7-15-3-4-16-7/h5,7H,1-4H2,(H,11,13,14). The second-order valence-electron chi connectivity index (χ2n) is 3.39. The summed E-state index contributed by atoms with van der Waals surface area (Å²) in [6.07, 6.45) is 1.58. The van der Waals surface area contributed by atoms with Crippen LogP contribution in [0.4, 0.5) is 0 Å². The number of rotatable bonds is 3. The zero-order valence-electron chi connectivity index (χ0n) is 8.44. The first-order valence-electron chi connectivity index (χ1n) is 4.89. The van der Waals surface area contributed by atoms with Crippen molar-refractivity contribution in [3.63, 3.8) is 0 Å². The molecule has 0 bridgehead atoms. The van der Waals surface area contributed by atoms with Crippen LogP contribution in [-0.4, -0.2) is 29.1 Å². The van der Waals surface area contributed by atoms with Crippen molar-refractivity contribution in [3.05, 3.63) is 32.1 Å². The molecule has 16 heavy (non-hydrogen) atoms. The van der Waals surface area contributed by atoms with Gasteiger partial charge in [-0.05, 0) is 0 Å². The maximum atomic E-state index is 11.4. The van der Waals surface area contributed by atoms with Gasteiger partial charge in [0.2, 0.25) is 0 Å². The third-order valence-corrected chi connectivity index (χ3v) is 2.53. The minimum absolute atomic E-state index is 0.00661. The maximum absolute atomic E-state index is 11.4. The number of nitrogens with one attached hydrogen (secondary N) is 1. The lowest BCUT2D eigenvalue weighted by Crippen LogP contribution is -2.30. The van der Waals surface area contributed by atoms with E-state index in [1.54, 1.807) is 0 Å². The second kappa shape index (κ2) is 4.82. The van der Waals surface area contributed by atoms with E-state index in [2.05, 4.69) is 4.98 Å². The van der Waals surface area contributed by atoms with Gasteiger partial charge in [-0.3, -0.25) is 14.3 Å². The summed E-state index contributed by atoms with van der Waals surface area (Å²) < 4.78 is 11.8. The number of nitrogens with zero attached hydrogens (tertiary/aromatic N) is 1. The Labute approximate surface area is 95.8 Å². The molecule has 2 rings (SSSR count). The van der Waals surface area contributed by atoms with Gasteiger partial charge < -0.3 is 9.47 Å². The molecule has 1 aromatic rings. The van der Waals surface area contributed by atoms with Crippen LogP contribution in [0.5, 0.6) is 0 Å². The Balaban J connectivity index is 2.06. The molecule has 1 aliphatic heterocycles. The monoisotopic (exact) mass is 246 g/mol. The largest absolute Gasteiger partial charge is 0.350 e. The number of aromatic nitrogens is 2. The van der Waals surface area contributed by atoms with Crippen molar-refractivity contribution >= 4 is 11.6 Å². The van der Waals surface area contributed by atoms with Crippen LogP contribution < -0.4 is 11.2 Å². The van der Waals surface area contributed by atoms with Gasteiger partial charge in [-0.15, -0.1) is 0 Å². The minimum atomic E-state index is -0.573. The summed E-state index contributed by atoms with van der Waals surface area (Å²) in [6, 6.07) is 0. The molecule has 1 N–H and O–H groups in total. The minimum Gasteiger partial charge on any atom is -0.350 e. The SMILES string of the molecule is O=c1[nH]c(=O)n(CCC2OCCO2)cc1Cl. The topological polar surface area (TPSA) is 73.3 Å². The molecule has 0 atom stereocenters. The molecular weight excluding hydrogens is 236 g/mol. The van der Waals surface area contributed by atoms with Gasteiger partial charge in [0.1, 0.15) is 5.02 Å². The predicted octanol–water partition coefficient (Wildman–Crippen LogP) is -0.0470. The van der Waals surface area contributed by atoms with Gasteiger partial charge in [-0.25, -0.2) is 4.79 Å². The number of aryl methyl sites for hydroxylation is 1. The Morgan fingerprint density at radius 1 is 1.44 bits per heavy atom. The van der Waals surface area contributed by atoms with E-state index in [9.17, 15) is 9.59 Å². The summed E-state index contributed by atoms with van der Waals surface area (Å²) in [4.78, 5) is 24.5. The van der Waals surface area contributed by atoms with E-state index < -0.39 is 11.2 Å². The molecule has 7 heteroatoms. The van der Waals surface area contributed by atoms with Crippen LogP contribution in [0.1, 0.15) is 6.42 Å². The highest BCUT2D eigenvalue weighted by atomic mass is 35.5. The molecule has 1 fully saturated rings. The first-order chi connectivity index (χ1) is 7.66. The van der Waals surface area contributed by atoms with Crippen molar-refractivity contribution in [2.75, 3.05) is 13.2 Å². The molecule has 0 spiro atoms. The lowest BCUT2D eigenvalue weighted by atomic mass is 10.4. The van der Waals surface area contributed by atoms with Gasteiger partial charge in [0.25, 0.3) is 5.56 Å². The predicted molar refractivity (Wildman–Crippen MR) is 56.6 cm³/mol. The Morgan fingerprint density at radius 2 is 2.12 bits per heavy atom. The van der Waals surface area contributed by atoms with Crippen LogP contribution in [0, 0.1) is 0 Å². The molecule has 1 saturated heterocycles. The number of halogens is 1. The molecule has 1 aliphatic rings. The lowest BCUT2D eigenvalue weighted by Gasteiger charge is -2.09. The Kier molecular flexibility index (Phi) is 3.42. The molecule has 2 heterocycles. The van der Waals surface area contributed by atoms with E-state index in [-0.39, 0.29) is 11.3 Å². The number of hydrogen-bond donors (Lipinski definition) is 1. The fourth-order valence-corrected chi connectivity index (χ4v) is 1.63. The van der Waals surface area contributed by atoms with Crippen LogP contribution in [-0.2, 0) is 16.0 Å². The normalized spacial score (nSPS) is 16.8. The molecule has 0 unspecified atom stereocenters. The van der Waals surface area contributed by atoms with E-state index in [0.717, 1.165) is 0 Å². The highest BCUT2D eigenvalue weighted by Gasteiger charge is 2.15. The first-order valence-corrected chi connectivity index (χ1v) is 5.27. The molecule has 0 radical (unpaired) electrons. The molecule has 0 saturated carbocycles. The zero-order valence-corrected chi connectivity index (χ0v) is 9.20. The lowest BCUT2D eigenvalue weighted by molar-refractivity contribution is -0.0492. The average Bonchev–Trinajstić information content (AvgIpc) is 2.74. The van der Waals surface area contributed by atoms with Crippen molar-refractivity contribution in [1.29, 1.82) is 0 Å². The number of ether oxygens (including phenoxy) is 2. The van der Waals surface area contributed by atoms with Crippen LogP contribution in [0.15, 0.2) is 15.8 Å². The van der Waals surface area contributed by atoms with Crippen molar-refractivity contribution in [3.8, 4) is 0 Å². The van der Waals surface area contributed by atoms with Gasteiger partial charge in [-0.2, -0.15) is 0 Å². The molecule has 0 aliphatic carbocycles. The van der Waals surface area contributed by atoms with Crippen molar-refractivity contribution in [2.24, 2.45) is 0 Å². The third kappa shape index (κ3) is 2.52. The summed E-state index contributed by atoms with van der Waals surface area (Å²) in [6.45, 7) is 1.54. The van der Waals surface area contributed by atoms with E-state index in [1.165, 1.54) is 10.8 Å². The van der Waals surface area contributed by atoms with Gasteiger partial charge in [0, 0.05) is 19.2 Å².